The van der Waals surface area contributed by atoms with Crippen molar-refractivity contribution < 1.29 is 9.50 Å². The second-order valence-electron chi connectivity index (χ2n) is 5.80. The van der Waals surface area contributed by atoms with E-state index < -0.39 is 0 Å². The molecule has 8 heteroatoms. The zero-order chi connectivity index (χ0) is 16.2. The minimum atomic E-state index is -0.336. The van der Waals surface area contributed by atoms with Crippen molar-refractivity contribution in [2.24, 2.45) is 0 Å². The fourth-order valence-corrected chi connectivity index (χ4v) is 2.79. The third-order valence-electron chi connectivity index (χ3n) is 4.11. The van der Waals surface area contributed by atoms with Gasteiger partial charge in [0.2, 0.25) is 0 Å². The Bertz CT molecular complexity index is 653. The highest BCUT2D eigenvalue weighted by molar-refractivity contribution is 5.36. The number of β-amino-alcohol motifs (C(OH)–C–C–N with tert-alkyl or cyclic N) is 1. The molecule has 0 spiro atoms. The van der Waals surface area contributed by atoms with E-state index in [2.05, 4.69) is 25.3 Å². The molecular formula is C15H21FN6O. The van der Waals surface area contributed by atoms with Gasteiger partial charge in [0.15, 0.2) is 5.82 Å². The third kappa shape index (κ3) is 3.72. The number of hydrogen-bond acceptors (Lipinski definition) is 6. The zero-order valence-corrected chi connectivity index (χ0v) is 13.2. The number of aliphatic hydroxyl groups is 1. The molecule has 7 nitrogen and oxygen atoms in total. The molecule has 1 fully saturated rings. The van der Waals surface area contributed by atoms with Gasteiger partial charge in [0.1, 0.15) is 11.5 Å². The highest BCUT2D eigenvalue weighted by Crippen LogP contribution is 2.16. The minimum absolute atomic E-state index is 0.185. The zero-order valence-electron chi connectivity index (χ0n) is 13.2. The molecule has 23 heavy (non-hydrogen) atoms. The van der Waals surface area contributed by atoms with Crippen LogP contribution in [0.1, 0.15) is 11.4 Å². The van der Waals surface area contributed by atoms with Crippen molar-refractivity contribution in [3.63, 3.8) is 0 Å². The number of aromatic nitrogens is 4. The van der Waals surface area contributed by atoms with Crippen molar-refractivity contribution in [3.8, 4) is 5.69 Å². The average molecular weight is 320 g/mol. The van der Waals surface area contributed by atoms with Crippen molar-refractivity contribution in [1.82, 2.24) is 30.0 Å². The molecular weight excluding hydrogens is 299 g/mol. The largest absolute Gasteiger partial charge is 0.395 e. The van der Waals surface area contributed by atoms with Crippen molar-refractivity contribution in [1.29, 1.82) is 0 Å². The van der Waals surface area contributed by atoms with Crippen LogP contribution in [-0.4, -0.2) is 74.4 Å². The number of nitrogens with zero attached hydrogens (tertiary/aromatic N) is 6. The van der Waals surface area contributed by atoms with Crippen LogP contribution in [0.15, 0.2) is 18.2 Å². The van der Waals surface area contributed by atoms with E-state index in [1.807, 2.05) is 6.92 Å². The predicted octanol–water partition coefficient (Wildman–Crippen LogP) is 0.220. The molecule has 124 valence electrons. The summed E-state index contributed by atoms with van der Waals surface area (Å²) in [6, 6.07) is 4.90. The van der Waals surface area contributed by atoms with Crippen molar-refractivity contribution in [2.45, 2.75) is 13.5 Å². The Balaban J connectivity index is 1.71. The van der Waals surface area contributed by atoms with Gasteiger partial charge in [-0.15, -0.1) is 5.10 Å². The van der Waals surface area contributed by atoms with Crippen LogP contribution in [0.5, 0.6) is 0 Å². The first kappa shape index (κ1) is 16.0. The van der Waals surface area contributed by atoms with Gasteiger partial charge in [0.25, 0.3) is 0 Å². The first-order valence-electron chi connectivity index (χ1n) is 7.76. The highest BCUT2D eigenvalue weighted by atomic mass is 19.1. The minimum Gasteiger partial charge on any atom is -0.395 e. The molecule has 1 saturated heterocycles. The molecule has 1 aliphatic heterocycles. The number of rotatable bonds is 5. The molecule has 3 rings (SSSR count). The molecule has 1 aromatic carbocycles. The topological polar surface area (TPSA) is 70.3 Å². The Morgan fingerprint density at radius 2 is 1.91 bits per heavy atom. The van der Waals surface area contributed by atoms with Gasteiger partial charge in [-0.3, -0.25) is 9.80 Å². The van der Waals surface area contributed by atoms with Gasteiger partial charge in [-0.1, -0.05) is 6.07 Å². The molecule has 0 saturated carbocycles. The SMILES string of the molecule is Cc1ccc(F)c(-n2nnnc2CN2CCN(CCO)CC2)c1. The summed E-state index contributed by atoms with van der Waals surface area (Å²) in [5.41, 5.74) is 1.34. The first-order valence-corrected chi connectivity index (χ1v) is 7.76. The number of benzene rings is 1. The summed E-state index contributed by atoms with van der Waals surface area (Å²) in [6.45, 7) is 6.94. The van der Waals surface area contributed by atoms with E-state index in [-0.39, 0.29) is 12.4 Å². The van der Waals surface area contributed by atoms with Crippen molar-refractivity contribution >= 4 is 0 Å². The molecule has 0 aliphatic carbocycles. The molecule has 1 aromatic heterocycles. The van der Waals surface area contributed by atoms with E-state index in [0.29, 0.717) is 24.6 Å². The number of hydrogen-bond donors (Lipinski definition) is 1. The van der Waals surface area contributed by atoms with Crippen LogP contribution < -0.4 is 0 Å². The summed E-state index contributed by atoms with van der Waals surface area (Å²) in [5.74, 6) is 0.294. The van der Waals surface area contributed by atoms with Gasteiger partial charge in [-0.25, -0.2) is 4.39 Å². The lowest BCUT2D eigenvalue weighted by atomic mass is 10.2. The Labute approximate surface area is 134 Å². The molecule has 1 aliphatic rings. The van der Waals surface area contributed by atoms with Crippen LogP contribution in [0.25, 0.3) is 5.69 Å². The van der Waals surface area contributed by atoms with Gasteiger partial charge >= 0.3 is 0 Å². The first-order chi connectivity index (χ1) is 11.2. The van der Waals surface area contributed by atoms with Crippen LogP contribution in [0, 0.1) is 12.7 Å². The normalized spacial score (nSPS) is 16.8. The molecule has 0 radical (unpaired) electrons. The summed E-state index contributed by atoms with van der Waals surface area (Å²) in [5, 5.41) is 20.7. The molecule has 0 unspecified atom stereocenters. The van der Waals surface area contributed by atoms with Gasteiger partial charge in [0, 0.05) is 32.7 Å². The van der Waals surface area contributed by atoms with Gasteiger partial charge in [-0.05, 0) is 35.0 Å². The Morgan fingerprint density at radius 3 is 2.65 bits per heavy atom. The fourth-order valence-electron chi connectivity index (χ4n) is 2.79. The van der Waals surface area contributed by atoms with Gasteiger partial charge in [0.05, 0.1) is 13.2 Å². The quantitative estimate of drug-likeness (QED) is 0.850. The number of aliphatic hydroxyl groups excluding tert-OH is 1. The van der Waals surface area contributed by atoms with Gasteiger partial charge < -0.3 is 5.11 Å². The van der Waals surface area contributed by atoms with Crippen LogP contribution in [0.2, 0.25) is 0 Å². The monoisotopic (exact) mass is 320 g/mol. The van der Waals surface area contributed by atoms with Crippen LogP contribution in [0.4, 0.5) is 4.39 Å². The molecule has 0 amide bonds. The third-order valence-corrected chi connectivity index (χ3v) is 4.11. The van der Waals surface area contributed by atoms with E-state index in [0.717, 1.165) is 31.7 Å². The maximum atomic E-state index is 14.1. The predicted molar refractivity (Wildman–Crippen MR) is 82.7 cm³/mol. The number of aryl methyl sites for hydroxylation is 1. The molecule has 2 aromatic rings. The van der Waals surface area contributed by atoms with E-state index in [4.69, 9.17) is 5.11 Å². The molecule has 0 atom stereocenters. The van der Waals surface area contributed by atoms with Crippen LogP contribution >= 0.6 is 0 Å². The van der Waals surface area contributed by atoms with E-state index in [9.17, 15) is 4.39 Å². The number of piperazine rings is 1. The molecule has 0 bridgehead atoms. The maximum Gasteiger partial charge on any atom is 0.170 e. The molecule has 1 N–H and O–H groups in total. The second kappa shape index (κ2) is 7.12. The smallest absolute Gasteiger partial charge is 0.170 e. The standard InChI is InChI=1S/C15H21FN6O/c1-12-2-3-13(16)14(10-12)22-15(17-18-19-22)11-21-6-4-20(5-7-21)8-9-23/h2-3,10,23H,4-9,11H2,1H3. The summed E-state index contributed by atoms with van der Waals surface area (Å²) in [7, 11) is 0. The fraction of sp³-hybridized carbons (Fsp3) is 0.533. The number of halogens is 1. The van der Waals surface area contributed by atoms with Crippen molar-refractivity contribution in [3.05, 3.63) is 35.4 Å². The van der Waals surface area contributed by atoms with E-state index in [1.165, 1.54) is 10.7 Å². The number of tetrazole rings is 1. The lowest BCUT2D eigenvalue weighted by molar-refractivity contribution is 0.106. The van der Waals surface area contributed by atoms with Crippen LogP contribution in [0.3, 0.4) is 0 Å². The maximum absolute atomic E-state index is 14.1. The summed E-state index contributed by atoms with van der Waals surface area (Å²) < 4.78 is 15.5. The lowest BCUT2D eigenvalue weighted by Crippen LogP contribution is -2.46. The Kier molecular flexibility index (Phi) is 4.94. The summed E-state index contributed by atoms with van der Waals surface area (Å²) in [4.78, 5) is 4.46. The van der Waals surface area contributed by atoms with E-state index >= 15 is 0 Å². The Hall–Kier alpha value is -1.90. The Morgan fingerprint density at radius 1 is 1.17 bits per heavy atom. The summed E-state index contributed by atoms with van der Waals surface area (Å²) in [6.07, 6.45) is 0. The van der Waals surface area contributed by atoms with E-state index in [1.54, 1.807) is 12.1 Å². The second-order valence-corrected chi connectivity index (χ2v) is 5.80. The molecule has 2 heterocycles. The van der Waals surface area contributed by atoms with Crippen LogP contribution in [-0.2, 0) is 6.54 Å². The highest BCUT2D eigenvalue weighted by Gasteiger charge is 2.20. The van der Waals surface area contributed by atoms with Gasteiger partial charge in [-0.2, -0.15) is 4.68 Å². The summed E-state index contributed by atoms with van der Waals surface area (Å²) >= 11 is 0. The lowest BCUT2D eigenvalue weighted by Gasteiger charge is -2.33. The average Bonchev–Trinajstić information content (AvgIpc) is 3.00. The van der Waals surface area contributed by atoms with Crippen molar-refractivity contribution in [2.75, 3.05) is 39.3 Å².